The van der Waals surface area contributed by atoms with Gasteiger partial charge in [0.25, 0.3) is 0 Å². The first-order valence-electron chi connectivity index (χ1n) is 8.77. The number of nitrogens with zero attached hydrogens (tertiary/aromatic N) is 6. The molecule has 4 rings (SSSR count). The first kappa shape index (κ1) is 18.8. The number of pyridine rings is 3. The van der Waals surface area contributed by atoms with Gasteiger partial charge in [-0.05, 0) is 36.4 Å². The van der Waals surface area contributed by atoms with E-state index in [0.29, 0.717) is 0 Å². The fraction of sp³-hybridized carbons (Fsp3) is 0. The highest BCUT2D eigenvalue weighted by Gasteiger charge is 2.24. The lowest BCUT2D eigenvalue weighted by Crippen LogP contribution is -2.21. The van der Waals surface area contributed by atoms with Gasteiger partial charge >= 0.3 is 0 Å². The smallest absolute Gasteiger partial charge is 0.248 e. The Morgan fingerprint density at radius 2 is 0.767 bits per heavy atom. The molecule has 0 N–H and O–H groups in total. The summed E-state index contributed by atoms with van der Waals surface area (Å²) in [4.78, 5) is 62.3. The molecule has 4 aromatic heterocycles. The van der Waals surface area contributed by atoms with Gasteiger partial charge in [0.05, 0.1) is 0 Å². The number of carbonyl (C=O) groups is 3. The first-order valence-corrected chi connectivity index (χ1v) is 8.77. The van der Waals surface area contributed by atoms with Crippen LogP contribution in [0.1, 0.15) is 48.9 Å². The third kappa shape index (κ3) is 3.85. The van der Waals surface area contributed by atoms with Crippen molar-refractivity contribution in [2.75, 3.05) is 0 Å². The molecule has 0 aromatic carbocycles. The van der Waals surface area contributed by atoms with E-state index in [0.717, 1.165) is 0 Å². The zero-order valence-electron chi connectivity index (χ0n) is 15.3. The zero-order valence-corrected chi connectivity index (χ0v) is 15.3. The van der Waals surface area contributed by atoms with Crippen LogP contribution < -0.4 is 0 Å². The fourth-order valence-electron chi connectivity index (χ4n) is 2.52. The van der Waals surface area contributed by atoms with Crippen molar-refractivity contribution >= 4 is 17.3 Å². The molecule has 0 radical (unpaired) electrons. The van der Waals surface area contributed by atoms with Gasteiger partial charge in [-0.15, -0.1) is 0 Å². The number of rotatable bonds is 6. The quantitative estimate of drug-likeness (QED) is 0.448. The second-order valence-corrected chi connectivity index (χ2v) is 5.94. The molecule has 9 nitrogen and oxygen atoms in total. The van der Waals surface area contributed by atoms with Gasteiger partial charge in [0, 0.05) is 18.6 Å². The molecule has 0 spiro atoms. The Hall–Kier alpha value is -4.53. The van der Waals surface area contributed by atoms with Crippen LogP contribution in [0.2, 0.25) is 0 Å². The molecular formula is C21H12N6O3. The normalized spacial score (nSPS) is 10.4. The van der Waals surface area contributed by atoms with Crippen molar-refractivity contribution in [1.82, 2.24) is 29.9 Å². The Morgan fingerprint density at radius 3 is 1.00 bits per heavy atom. The van der Waals surface area contributed by atoms with Gasteiger partial charge in [-0.2, -0.15) is 0 Å². The standard InChI is InChI=1S/C21H12N6O3/c28-16(13-7-1-4-10-22-13)19-25-20(17(29)14-8-2-5-11-23-14)27-21(26-19)18(30)15-9-3-6-12-24-15/h1-12H. The molecule has 0 unspecified atom stereocenters. The van der Waals surface area contributed by atoms with Crippen LogP contribution in [-0.4, -0.2) is 47.3 Å². The third-order valence-electron chi connectivity index (χ3n) is 3.94. The molecule has 0 amide bonds. The molecule has 0 atom stereocenters. The average Bonchev–Trinajstić information content (AvgIpc) is 2.84. The Balaban J connectivity index is 1.83. The summed E-state index contributed by atoms with van der Waals surface area (Å²) in [6.07, 6.45) is 4.32. The van der Waals surface area contributed by atoms with E-state index in [9.17, 15) is 14.4 Å². The summed E-state index contributed by atoms with van der Waals surface area (Å²) in [6, 6.07) is 14.3. The predicted octanol–water partition coefficient (Wildman–Crippen LogP) is 1.75. The Labute approximate surface area is 169 Å². The summed E-state index contributed by atoms with van der Waals surface area (Å²) in [5.74, 6) is -3.07. The van der Waals surface area contributed by atoms with Crippen molar-refractivity contribution in [3.05, 3.63) is 108 Å². The van der Waals surface area contributed by atoms with Gasteiger partial charge < -0.3 is 0 Å². The zero-order chi connectivity index (χ0) is 20.9. The van der Waals surface area contributed by atoms with Gasteiger partial charge in [-0.25, -0.2) is 15.0 Å². The largest absolute Gasteiger partial charge is 0.283 e. The minimum absolute atomic E-state index is 0.0659. The second kappa shape index (κ2) is 8.23. The fourth-order valence-corrected chi connectivity index (χ4v) is 2.52. The highest BCUT2D eigenvalue weighted by molar-refractivity contribution is 6.10. The predicted molar refractivity (Wildman–Crippen MR) is 103 cm³/mol. The molecule has 0 fully saturated rings. The molecule has 30 heavy (non-hydrogen) atoms. The van der Waals surface area contributed by atoms with Crippen molar-refractivity contribution in [2.45, 2.75) is 0 Å². The number of hydrogen-bond donors (Lipinski definition) is 0. The molecule has 9 heteroatoms. The van der Waals surface area contributed by atoms with E-state index in [-0.39, 0.29) is 34.6 Å². The summed E-state index contributed by atoms with van der Waals surface area (Å²) < 4.78 is 0. The third-order valence-corrected chi connectivity index (χ3v) is 3.94. The van der Waals surface area contributed by atoms with Gasteiger partial charge in [0.15, 0.2) is 0 Å². The van der Waals surface area contributed by atoms with E-state index in [2.05, 4.69) is 29.9 Å². The summed E-state index contributed by atoms with van der Waals surface area (Å²) >= 11 is 0. The molecular weight excluding hydrogens is 384 g/mol. The van der Waals surface area contributed by atoms with Gasteiger partial charge in [0.1, 0.15) is 17.1 Å². The number of ketones is 3. The minimum atomic E-state index is -0.650. The van der Waals surface area contributed by atoms with Crippen molar-refractivity contribution in [2.24, 2.45) is 0 Å². The van der Waals surface area contributed by atoms with E-state index >= 15 is 0 Å². The van der Waals surface area contributed by atoms with Crippen LogP contribution in [0.5, 0.6) is 0 Å². The van der Waals surface area contributed by atoms with Crippen LogP contribution in [0.3, 0.4) is 0 Å². The molecule has 144 valence electrons. The Morgan fingerprint density at radius 1 is 0.467 bits per heavy atom. The van der Waals surface area contributed by atoms with E-state index in [4.69, 9.17) is 0 Å². The lowest BCUT2D eigenvalue weighted by Gasteiger charge is -2.05. The monoisotopic (exact) mass is 396 g/mol. The first-order chi connectivity index (χ1) is 14.6. The van der Waals surface area contributed by atoms with Crippen molar-refractivity contribution < 1.29 is 14.4 Å². The van der Waals surface area contributed by atoms with Crippen LogP contribution in [0, 0.1) is 0 Å². The molecule has 0 saturated carbocycles. The lowest BCUT2D eigenvalue weighted by atomic mass is 10.2. The topological polar surface area (TPSA) is 129 Å². The number of carbonyl (C=O) groups excluding carboxylic acids is 3. The maximum atomic E-state index is 12.8. The van der Waals surface area contributed by atoms with Crippen LogP contribution in [0.25, 0.3) is 0 Å². The van der Waals surface area contributed by atoms with Crippen molar-refractivity contribution in [3.63, 3.8) is 0 Å². The second-order valence-electron chi connectivity index (χ2n) is 5.94. The Kier molecular flexibility index (Phi) is 5.16. The van der Waals surface area contributed by atoms with Crippen LogP contribution >= 0.6 is 0 Å². The van der Waals surface area contributed by atoms with E-state index in [1.54, 1.807) is 36.4 Å². The average molecular weight is 396 g/mol. The molecule has 0 saturated heterocycles. The summed E-state index contributed by atoms with van der Waals surface area (Å²) in [5, 5.41) is 0. The van der Waals surface area contributed by atoms with Crippen LogP contribution in [0.15, 0.2) is 73.2 Å². The summed E-state index contributed by atoms with van der Waals surface area (Å²) in [7, 11) is 0. The van der Waals surface area contributed by atoms with Gasteiger partial charge in [-0.3, -0.25) is 29.3 Å². The summed E-state index contributed by atoms with van der Waals surface area (Å²) in [6.45, 7) is 0. The van der Waals surface area contributed by atoms with E-state index in [1.165, 1.54) is 36.8 Å². The van der Waals surface area contributed by atoms with E-state index < -0.39 is 17.3 Å². The summed E-state index contributed by atoms with van der Waals surface area (Å²) in [5.41, 5.74) is 0.198. The van der Waals surface area contributed by atoms with Gasteiger partial charge in [-0.1, -0.05) is 18.2 Å². The molecule has 4 heterocycles. The highest BCUT2D eigenvalue weighted by atomic mass is 16.1. The maximum absolute atomic E-state index is 12.8. The lowest BCUT2D eigenvalue weighted by molar-refractivity contribution is 0.101. The van der Waals surface area contributed by atoms with Gasteiger partial charge in [0.2, 0.25) is 34.8 Å². The molecule has 4 aromatic rings. The van der Waals surface area contributed by atoms with E-state index in [1.807, 2.05) is 0 Å². The SMILES string of the molecule is O=C(c1ccccn1)c1nc(C(=O)c2ccccn2)nc(C(=O)c2ccccn2)n1. The minimum Gasteiger partial charge on any atom is -0.283 e. The highest BCUT2D eigenvalue weighted by Crippen LogP contribution is 2.10. The number of hydrogen-bond acceptors (Lipinski definition) is 9. The number of aromatic nitrogens is 6. The molecule has 0 aliphatic carbocycles. The van der Waals surface area contributed by atoms with Crippen molar-refractivity contribution in [3.8, 4) is 0 Å². The molecule has 0 aliphatic heterocycles. The van der Waals surface area contributed by atoms with Crippen molar-refractivity contribution in [1.29, 1.82) is 0 Å². The van der Waals surface area contributed by atoms with Crippen LogP contribution in [0.4, 0.5) is 0 Å². The maximum Gasteiger partial charge on any atom is 0.248 e. The Bertz CT molecular complexity index is 1060. The van der Waals surface area contributed by atoms with Crippen LogP contribution in [-0.2, 0) is 0 Å². The molecule has 0 aliphatic rings. The molecule has 0 bridgehead atoms.